The van der Waals surface area contributed by atoms with E-state index in [9.17, 15) is 0 Å². The smallest absolute Gasteiger partial charge is 0.0795 e. The Kier molecular flexibility index (Phi) is 4.15. The first kappa shape index (κ1) is 12.5. The van der Waals surface area contributed by atoms with Crippen molar-refractivity contribution in [3.63, 3.8) is 0 Å². The molecule has 0 spiro atoms. The molecule has 90 valence electrons. The third kappa shape index (κ3) is 3.52. The number of thiazole rings is 1. The summed E-state index contributed by atoms with van der Waals surface area (Å²) in [7, 11) is 2.08. The fourth-order valence-electron chi connectivity index (χ4n) is 1.65. The zero-order chi connectivity index (χ0) is 12.3. The standard InChI is InChI=1S/C12H14BrN3S/c1-16(6-11-7-17-8-15-11)5-9-4-10(14)2-3-12(9)13/h2-4,7-8H,5-6,14H2,1H3. The van der Waals surface area contributed by atoms with Crippen LogP contribution in [0.4, 0.5) is 5.69 Å². The summed E-state index contributed by atoms with van der Waals surface area (Å²) in [5.74, 6) is 0. The van der Waals surface area contributed by atoms with E-state index in [-0.39, 0.29) is 0 Å². The van der Waals surface area contributed by atoms with Crippen LogP contribution in [0.1, 0.15) is 11.3 Å². The topological polar surface area (TPSA) is 42.2 Å². The van der Waals surface area contributed by atoms with Gasteiger partial charge in [-0.25, -0.2) is 4.98 Å². The Balaban J connectivity index is 2.02. The summed E-state index contributed by atoms with van der Waals surface area (Å²) in [5, 5.41) is 2.07. The van der Waals surface area contributed by atoms with E-state index in [1.807, 2.05) is 23.7 Å². The summed E-state index contributed by atoms with van der Waals surface area (Å²) in [6.07, 6.45) is 0. The molecule has 5 heteroatoms. The Morgan fingerprint density at radius 3 is 2.94 bits per heavy atom. The van der Waals surface area contributed by atoms with E-state index in [1.54, 1.807) is 11.3 Å². The molecular formula is C12H14BrN3S. The molecule has 2 N–H and O–H groups in total. The molecule has 0 atom stereocenters. The van der Waals surface area contributed by atoms with Gasteiger partial charge in [0.1, 0.15) is 0 Å². The van der Waals surface area contributed by atoms with Gasteiger partial charge >= 0.3 is 0 Å². The van der Waals surface area contributed by atoms with E-state index in [0.717, 1.165) is 28.9 Å². The molecule has 0 unspecified atom stereocenters. The molecule has 2 rings (SSSR count). The highest BCUT2D eigenvalue weighted by molar-refractivity contribution is 9.10. The summed E-state index contributed by atoms with van der Waals surface area (Å²) in [6.45, 7) is 1.70. The highest BCUT2D eigenvalue weighted by Crippen LogP contribution is 2.21. The van der Waals surface area contributed by atoms with Crippen LogP contribution in [-0.4, -0.2) is 16.9 Å². The minimum Gasteiger partial charge on any atom is -0.399 e. The maximum atomic E-state index is 5.79. The van der Waals surface area contributed by atoms with Gasteiger partial charge in [0, 0.05) is 28.6 Å². The Morgan fingerprint density at radius 1 is 1.41 bits per heavy atom. The molecule has 2 aromatic rings. The van der Waals surface area contributed by atoms with Gasteiger partial charge in [0.25, 0.3) is 0 Å². The van der Waals surface area contributed by atoms with Crippen molar-refractivity contribution in [2.45, 2.75) is 13.1 Å². The van der Waals surface area contributed by atoms with Crippen LogP contribution in [0.3, 0.4) is 0 Å². The van der Waals surface area contributed by atoms with Gasteiger partial charge in [0.05, 0.1) is 11.2 Å². The molecule has 0 aliphatic carbocycles. The molecule has 1 aromatic heterocycles. The first-order valence-corrected chi connectivity index (χ1v) is 6.98. The molecule has 0 aliphatic heterocycles. The van der Waals surface area contributed by atoms with Crippen LogP contribution in [0.25, 0.3) is 0 Å². The predicted octanol–water partition coefficient (Wildman–Crippen LogP) is 3.12. The number of aromatic nitrogens is 1. The first-order chi connectivity index (χ1) is 8.15. The maximum absolute atomic E-state index is 5.79. The summed E-state index contributed by atoms with van der Waals surface area (Å²) in [4.78, 5) is 6.50. The number of halogens is 1. The van der Waals surface area contributed by atoms with Gasteiger partial charge in [-0.3, -0.25) is 4.90 Å². The Labute approximate surface area is 113 Å². The normalized spacial score (nSPS) is 11.0. The van der Waals surface area contributed by atoms with Crippen LogP contribution in [-0.2, 0) is 13.1 Å². The first-order valence-electron chi connectivity index (χ1n) is 5.24. The van der Waals surface area contributed by atoms with Crippen LogP contribution < -0.4 is 5.73 Å². The van der Waals surface area contributed by atoms with Crippen LogP contribution >= 0.6 is 27.3 Å². The molecule has 0 saturated heterocycles. The molecule has 0 saturated carbocycles. The lowest BCUT2D eigenvalue weighted by atomic mass is 10.2. The lowest BCUT2D eigenvalue weighted by molar-refractivity contribution is 0.315. The van der Waals surface area contributed by atoms with Gasteiger partial charge in [0.15, 0.2) is 0 Å². The van der Waals surface area contributed by atoms with Crippen molar-refractivity contribution in [1.82, 2.24) is 9.88 Å². The average molecular weight is 312 g/mol. The molecule has 0 aliphatic rings. The van der Waals surface area contributed by atoms with Crippen molar-refractivity contribution < 1.29 is 0 Å². The van der Waals surface area contributed by atoms with Crippen molar-refractivity contribution in [2.24, 2.45) is 0 Å². The van der Waals surface area contributed by atoms with Gasteiger partial charge in [-0.1, -0.05) is 15.9 Å². The molecule has 0 radical (unpaired) electrons. The number of nitrogens with two attached hydrogens (primary N) is 1. The molecule has 17 heavy (non-hydrogen) atoms. The number of hydrogen-bond donors (Lipinski definition) is 1. The van der Waals surface area contributed by atoms with Gasteiger partial charge < -0.3 is 5.73 Å². The van der Waals surface area contributed by atoms with E-state index in [1.165, 1.54) is 5.56 Å². The average Bonchev–Trinajstić information content (AvgIpc) is 2.76. The molecule has 0 fully saturated rings. The summed E-state index contributed by atoms with van der Waals surface area (Å²) in [5.41, 5.74) is 10.8. The zero-order valence-electron chi connectivity index (χ0n) is 9.56. The number of benzene rings is 1. The van der Waals surface area contributed by atoms with Gasteiger partial charge in [-0.15, -0.1) is 11.3 Å². The van der Waals surface area contributed by atoms with Crippen LogP contribution in [0.15, 0.2) is 33.6 Å². The third-order valence-corrected chi connectivity index (χ3v) is 3.83. The van der Waals surface area contributed by atoms with E-state index < -0.39 is 0 Å². The second-order valence-corrected chi connectivity index (χ2v) is 5.58. The minimum atomic E-state index is 0.797. The summed E-state index contributed by atoms with van der Waals surface area (Å²) in [6, 6.07) is 5.89. The third-order valence-electron chi connectivity index (χ3n) is 2.43. The van der Waals surface area contributed by atoms with Crippen molar-refractivity contribution in [1.29, 1.82) is 0 Å². The highest BCUT2D eigenvalue weighted by Gasteiger charge is 2.06. The van der Waals surface area contributed by atoms with Crippen LogP contribution in [0.5, 0.6) is 0 Å². The SMILES string of the molecule is CN(Cc1cscn1)Cc1cc(N)ccc1Br. The molecule has 1 heterocycles. The van der Waals surface area contributed by atoms with Crippen molar-refractivity contribution in [2.75, 3.05) is 12.8 Å². The Hall–Kier alpha value is -0.910. The van der Waals surface area contributed by atoms with Gasteiger partial charge in [0.2, 0.25) is 0 Å². The van der Waals surface area contributed by atoms with E-state index in [4.69, 9.17) is 5.73 Å². The molecular weight excluding hydrogens is 298 g/mol. The number of rotatable bonds is 4. The summed E-state index contributed by atoms with van der Waals surface area (Å²) >= 11 is 5.17. The fraction of sp³-hybridized carbons (Fsp3) is 0.250. The van der Waals surface area contributed by atoms with Gasteiger partial charge in [-0.05, 0) is 30.8 Å². The zero-order valence-corrected chi connectivity index (χ0v) is 12.0. The van der Waals surface area contributed by atoms with Crippen LogP contribution in [0, 0.1) is 0 Å². The summed E-state index contributed by atoms with van der Waals surface area (Å²) < 4.78 is 1.09. The van der Waals surface area contributed by atoms with E-state index >= 15 is 0 Å². The van der Waals surface area contributed by atoms with Crippen molar-refractivity contribution in [3.05, 3.63) is 44.8 Å². The largest absolute Gasteiger partial charge is 0.399 e. The van der Waals surface area contributed by atoms with Crippen molar-refractivity contribution in [3.8, 4) is 0 Å². The number of hydrogen-bond acceptors (Lipinski definition) is 4. The lowest BCUT2D eigenvalue weighted by Crippen LogP contribution is -2.17. The van der Waals surface area contributed by atoms with Crippen molar-refractivity contribution >= 4 is 33.0 Å². The predicted molar refractivity (Wildman–Crippen MR) is 75.8 cm³/mol. The highest BCUT2D eigenvalue weighted by atomic mass is 79.9. The Morgan fingerprint density at radius 2 is 2.24 bits per heavy atom. The number of nitrogen functional groups attached to an aromatic ring is 1. The number of nitrogens with zero attached hydrogens (tertiary/aromatic N) is 2. The Bertz CT molecular complexity index is 485. The van der Waals surface area contributed by atoms with E-state index in [0.29, 0.717) is 0 Å². The number of anilines is 1. The molecule has 0 amide bonds. The quantitative estimate of drug-likeness (QED) is 0.882. The van der Waals surface area contributed by atoms with Crippen LogP contribution in [0.2, 0.25) is 0 Å². The molecule has 0 bridgehead atoms. The van der Waals surface area contributed by atoms with Gasteiger partial charge in [-0.2, -0.15) is 0 Å². The second kappa shape index (κ2) is 5.62. The molecule has 1 aromatic carbocycles. The fourth-order valence-corrected chi connectivity index (χ4v) is 2.58. The maximum Gasteiger partial charge on any atom is 0.0795 e. The van der Waals surface area contributed by atoms with E-state index in [2.05, 4.69) is 38.2 Å². The molecule has 3 nitrogen and oxygen atoms in total. The second-order valence-electron chi connectivity index (χ2n) is 4.00. The lowest BCUT2D eigenvalue weighted by Gasteiger charge is -2.16. The monoisotopic (exact) mass is 311 g/mol. The minimum absolute atomic E-state index is 0.797.